The summed E-state index contributed by atoms with van der Waals surface area (Å²) in [5.41, 5.74) is 3.15. The van der Waals surface area contributed by atoms with Gasteiger partial charge in [0.05, 0.1) is 10.7 Å². The van der Waals surface area contributed by atoms with Crippen LogP contribution in [0.5, 0.6) is 0 Å². The molecule has 0 spiro atoms. The highest BCUT2D eigenvalue weighted by Crippen LogP contribution is 2.09. The number of hydrazine groups is 1. The lowest BCUT2D eigenvalue weighted by Gasteiger charge is -2.01. The predicted octanol–water partition coefficient (Wildman–Crippen LogP) is 2.69. The molecule has 0 aromatic rings. The van der Waals surface area contributed by atoms with E-state index in [0.717, 1.165) is 0 Å². The predicted molar refractivity (Wildman–Crippen MR) is 56.6 cm³/mol. The highest BCUT2D eigenvalue weighted by atomic mass is 35.5. The Hall–Kier alpha value is -0.730. The van der Waals surface area contributed by atoms with Crippen molar-refractivity contribution in [1.29, 1.82) is 0 Å². The van der Waals surface area contributed by atoms with E-state index in [1.807, 2.05) is 20.8 Å². The summed E-state index contributed by atoms with van der Waals surface area (Å²) in [7, 11) is 0. The molecule has 2 nitrogen and oxygen atoms in total. The highest BCUT2D eigenvalue weighted by molar-refractivity contribution is 6.32. The monoisotopic (exact) mass is 188 g/mol. The van der Waals surface area contributed by atoms with Crippen LogP contribution in [0.1, 0.15) is 20.8 Å². The molecule has 0 aliphatic rings. The Kier molecular flexibility index (Phi) is 11.8. The normalized spacial score (nSPS) is 11.4. The van der Waals surface area contributed by atoms with Crippen molar-refractivity contribution >= 4 is 11.6 Å². The van der Waals surface area contributed by atoms with E-state index in [1.54, 1.807) is 18.2 Å². The molecule has 0 saturated carbocycles. The fraction of sp³-hybridized carbons (Fsp3) is 0.333. The quantitative estimate of drug-likeness (QED) is 0.406. The molecule has 0 fully saturated rings. The highest BCUT2D eigenvalue weighted by Gasteiger charge is 1.94. The average Bonchev–Trinajstić information content (AvgIpc) is 2.11. The van der Waals surface area contributed by atoms with E-state index in [-0.39, 0.29) is 0 Å². The van der Waals surface area contributed by atoms with E-state index in [9.17, 15) is 0 Å². The zero-order valence-corrected chi connectivity index (χ0v) is 8.65. The van der Waals surface area contributed by atoms with Crippen LogP contribution >= 0.6 is 11.6 Å². The number of halogens is 1. The zero-order valence-electron chi connectivity index (χ0n) is 7.89. The van der Waals surface area contributed by atoms with Gasteiger partial charge in [0.15, 0.2) is 0 Å². The van der Waals surface area contributed by atoms with Gasteiger partial charge in [-0.3, -0.25) is 5.84 Å². The van der Waals surface area contributed by atoms with Gasteiger partial charge in [-0.15, -0.1) is 0 Å². The van der Waals surface area contributed by atoms with Crippen molar-refractivity contribution in [2.75, 3.05) is 0 Å². The van der Waals surface area contributed by atoms with Crippen molar-refractivity contribution in [1.82, 2.24) is 5.43 Å². The summed E-state index contributed by atoms with van der Waals surface area (Å²) in [6.45, 7) is 9.34. The molecule has 0 heterocycles. The lowest BCUT2D eigenvalue weighted by molar-refractivity contribution is 0.908. The van der Waals surface area contributed by atoms with Gasteiger partial charge in [-0.05, 0) is 13.0 Å². The third kappa shape index (κ3) is 6.01. The van der Waals surface area contributed by atoms with Gasteiger partial charge in [-0.1, -0.05) is 44.2 Å². The topological polar surface area (TPSA) is 38.0 Å². The van der Waals surface area contributed by atoms with E-state index in [4.69, 9.17) is 17.4 Å². The minimum absolute atomic E-state index is 0.556. The Bertz CT molecular complexity index is 171. The molecule has 0 atom stereocenters. The van der Waals surface area contributed by atoms with Crippen molar-refractivity contribution in [3.8, 4) is 0 Å². The van der Waals surface area contributed by atoms with Crippen molar-refractivity contribution in [3.63, 3.8) is 0 Å². The van der Waals surface area contributed by atoms with Crippen LogP contribution in [-0.2, 0) is 0 Å². The molecule has 0 amide bonds. The first-order chi connectivity index (χ1) is 5.76. The van der Waals surface area contributed by atoms with Crippen molar-refractivity contribution in [3.05, 3.63) is 35.5 Å². The van der Waals surface area contributed by atoms with Gasteiger partial charge in [-0.2, -0.15) is 0 Å². The molecule has 3 N–H and O–H groups in total. The Balaban J connectivity index is 0. The maximum atomic E-state index is 5.73. The van der Waals surface area contributed by atoms with Crippen molar-refractivity contribution in [2.45, 2.75) is 20.8 Å². The Labute approximate surface area is 79.8 Å². The standard InChI is InChI=1S/C7H11ClN2.C2H6/c1-3-5-6(8)7(4-2)10-9;1-2/h3-5,10H,1,9H2,2H3;1-2H3/b6-5+,7-4+;. The molecule has 0 aromatic heterocycles. The Morgan fingerprint density at radius 3 is 2.25 bits per heavy atom. The van der Waals surface area contributed by atoms with Crippen LogP contribution in [0.15, 0.2) is 35.5 Å². The fourth-order valence-electron chi connectivity index (χ4n) is 0.483. The number of rotatable bonds is 3. The van der Waals surface area contributed by atoms with Crippen LogP contribution in [0.25, 0.3) is 0 Å². The SMILES string of the molecule is C=C/C=C(Cl)\C(=C/C)NN.CC. The van der Waals surface area contributed by atoms with E-state index in [2.05, 4.69) is 12.0 Å². The molecular formula is C9H17ClN2. The molecular weight excluding hydrogens is 172 g/mol. The van der Waals surface area contributed by atoms with Crippen molar-refractivity contribution < 1.29 is 0 Å². The van der Waals surface area contributed by atoms with Gasteiger partial charge in [0, 0.05) is 0 Å². The lowest BCUT2D eigenvalue weighted by atomic mass is 10.3. The fourth-order valence-corrected chi connectivity index (χ4v) is 0.736. The van der Waals surface area contributed by atoms with Gasteiger partial charge >= 0.3 is 0 Å². The van der Waals surface area contributed by atoms with Gasteiger partial charge in [-0.25, -0.2) is 0 Å². The molecule has 70 valence electrons. The molecule has 0 bridgehead atoms. The van der Waals surface area contributed by atoms with Crippen molar-refractivity contribution in [2.24, 2.45) is 5.84 Å². The first-order valence-corrected chi connectivity index (χ1v) is 4.25. The Morgan fingerprint density at radius 1 is 1.50 bits per heavy atom. The van der Waals surface area contributed by atoms with Gasteiger partial charge < -0.3 is 5.43 Å². The third-order valence-corrected chi connectivity index (χ3v) is 1.30. The van der Waals surface area contributed by atoms with Crippen LogP contribution in [0.2, 0.25) is 0 Å². The molecule has 0 rings (SSSR count). The van der Waals surface area contributed by atoms with Crippen LogP contribution in [0.4, 0.5) is 0 Å². The number of nitrogens with one attached hydrogen (secondary N) is 1. The summed E-state index contributed by atoms with van der Waals surface area (Å²) < 4.78 is 0. The second-order valence-corrected chi connectivity index (χ2v) is 2.00. The van der Waals surface area contributed by atoms with Crippen LogP contribution < -0.4 is 11.3 Å². The first kappa shape index (κ1) is 13.8. The molecule has 0 saturated heterocycles. The van der Waals surface area contributed by atoms with E-state index >= 15 is 0 Å². The van der Waals surface area contributed by atoms with Gasteiger partial charge in [0.25, 0.3) is 0 Å². The van der Waals surface area contributed by atoms with Gasteiger partial charge in [0.2, 0.25) is 0 Å². The summed E-state index contributed by atoms with van der Waals surface area (Å²) >= 11 is 5.73. The molecule has 3 heteroatoms. The van der Waals surface area contributed by atoms with E-state index in [0.29, 0.717) is 10.7 Å². The van der Waals surface area contributed by atoms with E-state index < -0.39 is 0 Å². The maximum absolute atomic E-state index is 5.73. The molecule has 0 aliphatic carbocycles. The number of hydrogen-bond donors (Lipinski definition) is 2. The summed E-state index contributed by atoms with van der Waals surface area (Å²) in [5.74, 6) is 5.14. The average molecular weight is 189 g/mol. The minimum atomic E-state index is 0.556. The summed E-state index contributed by atoms with van der Waals surface area (Å²) in [4.78, 5) is 0. The summed E-state index contributed by atoms with van der Waals surface area (Å²) in [5, 5.41) is 0.556. The molecule has 0 aromatic carbocycles. The van der Waals surface area contributed by atoms with E-state index in [1.165, 1.54) is 0 Å². The zero-order chi connectivity index (χ0) is 9.98. The second-order valence-electron chi connectivity index (χ2n) is 1.60. The lowest BCUT2D eigenvalue weighted by Crippen LogP contribution is -2.20. The number of hydrogen-bond acceptors (Lipinski definition) is 2. The molecule has 0 unspecified atom stereocenters. The molecule has 0 radical (unpaired) electrons. The third-order valence-electron chi connectivity index (χ3n) is 0.966. The van der Waals surface area contributed by atoms with Crippen LogP contribution in [0, 0.1) is 0 Å². The minimum Gasteiger partial charge on any atom is -0.323 e. The Morgan fingerprint density at radius 2 is 2.00 bits per heavy atom. The van der Waals surface area contributed by atoms with Crippen LogP contribution in [-0.4, -0.2) is 0 Å². The smallest absolute Gasteiger partial charge is 0.0647 e. The van der Waals surface area contributed by atoms with Crippen LogP contribution in [0.3, 0.4) is 0 Å². The number of allylic oxidation sites excluding steroid dienone is 4. The second kappa shape index (κ2) is 10.3. The van der Waals surface area contributed by atoms with Gasteiger partial charge in [0.1, 0.15) is 0 Å². The maximum Gasteiger partial charge on any atom is 0.0647 e. The molecule has 12 heavy (non-hydrogen) atoms. The molecule has 0 aliphatic heterocycles. The summed E-state index contributed by atoms with van der Waals surface area (Å²) in [6, 6.07) is 0. The first-order valence-electron chi connectivity index (χ1n) is 3.87. The largest absolute Gasteiger partial charge is 0.323 e. The number of nitrogens with two attached hydrogens (primary N) is 1. The summed E-state index contributed by atoms with van der Waals surface area (Å²) in [6.07, 6.45) is 5.04.